The highest BCUT2D eigenvalue weighted by atomic mass is 32.1. The number of aliphatic hydroxyl groups excluding tert-OH is 1. The van der Waals surface area contributed by atoms with Crippen molar-refractivity contribution >= 4 is 11.3 Å². The Balaban J connectivity index is 2.60. The molecule has 1 aromatic heterocycles. The van der Waals surface area contributed by atoms with Crippen molar-refractivity contribution in [2.24, 2.45) is 0 Å². The molecule has 2 aromatic rings. The lowest BCUT2D eigenvalue weighted by Crippen LogP contribution is -2.11. The van der Waals surface area contributed by atoms with Crippen molar-refractivity contribution in [1.29, 1.82) is 0 Å². The molecule has 0 aliphatic heterocycles. The minimum absolute atomic E-state index is 0.0411. The first-order valence-electron chi connectivity index (χ1n) is 5.46. The van der Waals surface area contributed by atoms with Crippen LogP contribution in [0.25, 0.3) is 11.3 Å². The topological polar surface area (TPSA) is 33.1 Å². The summed E-state index contributed by atoms with van der Waals surface area (Å²) in [6.45, 7) is -0.435. The Bertz CT molecular complexity index is 614. The summed E-state index contributed by atoms with van der Waals surface area (Å²) in [5.41, 5.74) is -3.13. The third kappa shape index (κ3) is 3.53. The van der Waals surface area contributed by atoms with Crippen LogP contribution in [-0.2, 0) is 19.0 Å². The second kappa shape index (κ2) is 5.30. The van der Waals surface area contributed by atoms with Crippen LogP contribution in [0.15, 0.2) is 23.6 Å². The summed E-state index contributed by atoms with van der Waals surface area (Å²) in [6.07, 6.45) is -9.79. The average Bonchev–Trinajstić information content (AvgIpc) is 2.85. The summed E-state index contributed by atoms with van der Waals surface area (Å²) in [7, 11) is 0. The lowest BCUT2D eigenvalue weighted by Gasteiger charge is -2.13. The van der Waals surface area contributed by atoms with E-state index in [-0.39, 0.29) is 22.3 Å². The van der Waals surface area contributed by atoms with E-state index in [4.69, 9.17) is 5.11 Å². The molecular weight excluding hydrogens is 320 g/mol. The van der Waals surface area contributed by atoms with Gasteiger partial charge in [-0.3, -0.25) is 0 Å². The quantitative estimate of drug-likeness (QED) is 0.833. The minimum atomic E-state index is -4.90. The maximum absolute atomic E-state index is 12.7. The summed E-state index contributed by atoms with van der Waals surface area (Å²) < 4.78 is 76.2. The van der Waals surface area contributed by atoms with Crippen molar-refractivity contribution in [3.8, 4) is 11.3 Å². The Kier molecular flexibility index (Phi) is 3.98. The molecule has 0 saturated heterocycles. The van der Waals surface area contributed by atoms with E-state index in [9.17, 15) is 26.3 Å². The summed E-state index contributed by atoms with van der Waals surface area (Å²) in [5.74, 6) is 0. The first-order valence-corrected chi connectivity index (χ1v) is 6.34. The van der Waals surface area contributed by atoms with Crippen molar-refractivity contribution in [3.63, 3.8) is 0 Å². The van der Waals surface area contributed by atoms with Gasteiger partial charge >= 0.3 is 12.4 Å². The number of thiazole rings is 1. The van der Waals surface area contributed by atoms with Gasteiger partial charge in [-0.05, 0) is 18.2 Å². The number of aliphatic hydroxyl groups is 1. The molecule has 21 heavy (non-hydrogen) atoms. The Hall–Kier alpha value is -1.61. The van der Waals surface area contributed by atoms with Gasteiger partial charge in [-0.25, -0.2) is 4.98 Å². The molecule has 1 heterocycles. The lowest BCUT2D eigenvalue weighted by molar-refractivity contribution is -0.143. The average molecular weight is 327 g/mol. The standard InChI is InChI=1S/C12H7F6NOS/c13-11(14,15)7-1-6(2-8(3-7)12(16,17)18)9-5-21-10(4-20)19-9/h1-3,5,20H,4H2. The Morgan fingerprint density at radius 1 is 0.952 bits per heavy atom. The van der Waals surface area contributed by atoms with Crippen molar-refractivity contribution in [2.75, 3.05) is 0 Å². The van der Waals surface area contributed by atoms with Gasteiger partial charge in [0, 0.05) is 10.9 Å². The fraction of sp³-hybridized carbons (Fsp3) is 0.250. The molecule has 0 aliphatic rings. The van der Waals surface area contributed by atoms with Gasteiger partial charge in [-0.2, -0.15) is 26.3 Å². The first kappa shape index (κ1) is 15.8. The first-order chi connectivity index (χ1) is 9.61. The monoisotopic (exact) mass is 327 g/mol. The molecule has 114 valence electrons. The summed E-state index contributed by atoms with van der Waals surface area (Å²) in [5, 5.41) is 10.4. The Morgan fingerprint density at radius 3 is 1.86 bits per heavy atom. The fourth-order valence-electron chi connectivity index (χ4n) is 1.62. The molecule has 0 aliphatic carbocycles. The molecule has 2 rings (SSSR count). The molecule has 0 atom stereocenters. The highest BCUT2D eigenvalue weighted by molar-refractivity contribution is 7.09. The molecule has 9 heteroatoms. The van der Waals surface area contributed by atoms with Crippen LogP contribution in [0.2, 0.25) is 0 Å². The summed E-state index contributed by atoms with van der Waals surface area (Å²) >= 11 is 0.947. The molecular formula is C12H7F6NOS. The molecule has 0 fully saturated rings. The number of rotatable bonds is 2. The van der Waals surface area contributed by atoms with Gasteiger partial charge < -0.3 is 5.11 Å². The molecule has 0 amide bonds. The van der Waals surface area contributed by atoms with Crippen LogP contribution in [-0.4, -0.2) is 10.1 Å². The highest BCUT2D eigenvalue weighted by Gasteiger charge is 2.37. The molecule has 0 spiro atoms. The normalized spacial score (nSPS) is 12.7. The highest BCUT2D eigenvalue weighted by Crippen LogP contribution is 2.38. The van der Waals surface area contributed by atoms with Crippen LogP contribution in [0.5, 0.6) is 0 Å². The molecule has 1 aromatic carbocycles. The second-order valence-electron chi connectivity index (χ2n) is 4.08. The van der Waals surface area contributed by atoms with Gasteiger partial charge in [-0.15, -0.1) is 11.3 Å². The smallest absolute Gasteiger partial charge is 0.389 e. The van der Waals surface area contributed by atoms with Gasteiger partial charge in [0.1, 0.15) is 5.01 Å². The van der Waals surface area contributed by atoms with Gasteiger partial charge in [0.25, 0.3) is 0 Å². The largest absolute Gasteiger partial charge is 0.416 e. The van der Waals surface area contributed by atoms with Gasteiger partial charge in [-0.1, -0.05) is 0 Å². The van der Waals surface area contributed by atoms with Crippen LogP contribution >= 0.6 is 11.3 Å². The molecule has 2 nitrogen and oxygen atoms in total. The predicted molar refractivity (Wildman–Crippen MR) is 63.5 cm³/mol. The molecule has 1 N–H and O–H groups in total. The zero-order chi connectivity index (χ0) is 15.8. The number of hydrogen-bond donors (Lipinski definition) is 1. The van der Waals surface area contributed by atoms with Crippen molar-refractivity contribution in [1.82, 2.24) is 4.98 Å². The summed E-state index contributed by atoms with van der Waals surface area (Å²) in [4.78, 5) is 3.78. The SMILES string of the molecule is OCc1nc(-c2cc(C(F)(F)F)cc(C(F)(F)F)c2)cs1. The third-order valence-corrected chi connectivity index (χ3v) is 3.40. The maximum atomic E-state index is 12.7. The molecule has 0 saturated carbocycles. The van der Waals surface area contributed by atoms with E-state index in [1.807, 2.05) is 0 Å². The number of benzene rings is 1. The van der Waals surface area contributed by atoms with Crippen LogP contribution in [0, 0.1) is 0 Å². The maximum Gasteiger partial charge on any atom is 0.416 e. The van der Waals surface area contributed by atoms with Crippen molar-refractivity contribution in [3.05, 3.63) is 39.7 Å². The molecule has 0 bridgehead atoms. The van der Waals surface area contributed by atoms with Crippen LogP contribution in [0.4, 0.5) is 26.3 Å². The van der Waals surface area contributed by atoms with E-state index in [1.54, 1.807) is 0 Å². The van der Waals surface area contributed by atoms with Crippen LogP contribution < -0.4 is 0 Å². The number of halogens is 6. The third-order valence-electron chi connectivity index (χ3n) is 2.57. The van der Waals surface area contributed by atoms with E-state index in [0.29, 0.717) is 12.1 Å². The number of alkyl halides is 6. The van der Waals surface area contributed by atoms with Gasteiger partial charge in [0.05, 0.1) is 23.4 Å². The van der Waals surface area contributed by atoms with E-state index in [0.717, 1.165) is 11.3 Å². The fourth-order valence-corrected chi connectivity index (χ4v) is 2.28. The van der Waals surface area contributed by atoms with Crippen LogP contribution in [0.1, 0.15) is 16.1 Å². The van der Waals surface area contributed by atoms with E-state index in [1.165, 1.54) is 5.38 Å². The molecule has 0 radical (unpaired) electrons. The number of aromatic nitrogens is 1. The van der Waals surface area contributed by atoms with E-state index >= 15 is 0 Å². The minimum Gasteiger partial charge on any atom is -0.389 e. The second-order valence-corrected chi connectivity index (χ2v) is 5.02. The van der Waals surface area contributed by atoms with Crippen LogP contribution in [0.3, 0.4) is 0 Å². The van der Waals surface area contributed by atoms with Gasteiger partial charge in [0.2, 0.25) is 0 Å². The zero-order valence-electron chi connectivity index (χ0n) is 10.1. The molecule has 0 unspecified atom stereocenters. The number of hydrogen-bond acceptors (Lipinski definition) is 3. The van der Waals surface area contributed by atoms with E-state index < -0.39 is 30.1 Å². The Labute approximate surface area is 118 Å². The van der Waals surface area contributed by atoms with Crippen molar-refractivity contribution < 1.29 is 31.4 Å². The zero-order valence-corrected chi connectivity index (χ0v) is 10.9. The predicted octanol–water partition coefficient (Wildman–Crippen LogP) is 4.34. The number of nitrogens with zero attached hydrogens (tertiary/aromatic N) is 1. The Morgan fingerprint density at radius 2 is 1.48 bits per heavy atom. The van der Waals surface area contributed by atoms with Gasteiger partial charge in [0.15, 0.2) is 0 Å². The van der Waals surface area contributed by atoms with E-state index in [2.05, 4.69) is 4.98 Å². The van der Waals surface area contributed by atoms with Crippen molar-refractivity contribution in [2.45, 2.75) is 19.0 Å². The lowest BCUT2D eigenvalue weighted by atomic mass is 10.0. The summed E-state index contributed by atoms with van der Waals surface area (Å²) in [6, 6.07) is 1.26.